The van der Waals surface area contributed by atoms with Crippen molar-refractivity contribution in [1.29, 1.82) is 0 Å². The highest BCUT2D eigenvalue weighted by Gasteiger charge is 2.28. The van der Waals surface area contributed by atoms with Crippen LogP contribution in [0, 0.1) is 12.8 Å². The molecule has 0 spiro atoms. The van der Waals surface area contributed by atoms with E-state index in [2.05, 4.69) is 15.6 Å². The molecular weight excluding hydrogens is 330 g/mol. The maximum atomic E-state index is 12.5. The standard InChI is InChI=1S/C19H23N5O2/c1-13-4-2-6-15(10-13)23-19(26)24-9-3-5-14(12-24)18(25)22-16-7-8-17(20)21-11-16/h2,4,6-8,10-11,14H,3,5,9,12H2,1H3,(H2,20,21)(H,22,25)(H,23,26). The second-order valence-electron chi connectivity index (χ2n) is 6.55. The summed E-state index contributed by atoms with van der Waals surface area (Å²) in [5, 5.41) is 5.74. The number of carbonyl (C=O) groups excluding carboxylic acids is 2. The van der Waals surface area contributed by atoms with Crippen molar-refractivity contribution in [2.45, 2.75) is 19.8 Å². The van der Waals surface area contributed by atoms with Gasteiger partial charge in [0.1, 0.15) is 5.82 Å². The number of urea groups is 1. The lowest BCUT2D eigenvalue weighted by molar-refractivity contribution is -0.121. The van der Waals surface area contributed by atoms with E-state index in [1.54, 1.807) is 17.0 Å². The molecule has 3 amide bonds. The molecule has 7 heteroatoms. The first-order valence-electron chi connectivity index (χ1n) is 8.66. The van der Waals surface area contributed by atoms with Crippen LogP contribution in [0.2, 0.25) is 0 Å². The number of anilines is 3. The van der Waals surface area contributed by atoms with E-state index < -0.39 is 0 Å². The van der Waals surface area contributed by atoms with Gasteiger partial charge in [-0.15, -0.1) is 0 Å². The average Bonchev–Trinajstić information content (AvgIpc) is 2.64. The summed E-state index contributed by atoms with van der Waals surface area (Å²) in [5.74, 6) is 0.0499. The van der Waals surface area contributed by atoms with Crippen LogP contribution in [0.5, 0.6) is 0 Å². The molecule has 1 aromatic heterocycles. The maximum Gasteiger partial charge on any atom is 0.321 e. The molecule has 1 atom stereocenters. The van der Waals surface area contributed by atoms with E-state index in [4.69, 9.17) is 5.73 Å². The molecule has 0 bridgehead atoms. The molecule has 2 heterocycles. The summed E-state index contributed by atoms with van der Waals surface area (Å²) in [4.78, 5) is 30.7. The second-order valence-corrected chi connectivity index (χ2v) is 6.55. The van der Waals surface area contributed by atoms with Crippen LogP contribution < -0.4 is 16.4 Å². The summed E-state index contributed by atoms with van der Waals surface area (Å²) >= 11 is 0. The van der Waals surface area contributed by atoms with E-state index in [0.717, 1.165) is 24.1 Å². The number of carbonyl (C=O) groups is 2. The Morgan fingerprint density at radius 1 is 1.19 bits per heavy atom. The number of benzene rings is 1. The second kappa shape index (κ2) is 7.86. The van der Waals surface area contributed by atoms with E-state index in [1.807, 2.05) is 31.2 Å². The predicted octanol–water partition coefficient (Wildman–Crippen LogP) is 2.85. The Morgan fingerprint density at radius 2 is 2.04 bits per heavy atom. The third-order valence-corrected chi connectivity index (χ3v) is 4.40. The Morgan fingerprint density at radius 3 is 2.77 bits per heavy atom. The molecule has 1 fully saturated rings. The van der Waals surface area contributed by atoms with Gasteiger partial charge in [-0.05, 0) is 49.6 Å². The van der Waals surface area contributed by atoms with E-state index in [-0.39, 0.29) is 17.9 Å². The van der Waals surface area contributed by atoms with Gasteiger partial charge in [0.2, 0.25) is 5.91 Å². The van der Waals surface area contributed by atoms with Crippen molar-refractivity contribution in [3.8, 4) is 0 Å². The van der Waals surface area contributed by atoms with Gasteiger partial charge >= 0.3 is 6.03 Å². The molecule has 3 rings (SSSR count). The molecule has 1 saturated heterocycles. The Labute approximate surface area is 152 Å². The van der Waals surface area contributed by atoms with E-state index >= 15 is 0 Å². The largest absolute Gasteiger partial charge is 0.384 e. The molecule has 0 aliphatic carbocycles. The summed E-state index contributed by atoms with van der Waals surface area (Å²) in [6.07, 6.45) is 3.07. The summed E-state index contributed by atoms with van der Waals surface area (Å²) in [6, 6.07) is 10.8. The Kier molecular flexibility index (Phi) is 5.36. The minimum Gasteiger partial charge on any atom is -0.384 e. The number of aromatic nitrogens is 1. The number of hydrogen-bond acceptors (Lipinski definition) is 4. The lowest BCUT2D eigenvalue weighted by atomic mass is 9.97. The SMILES string of the molecule is Cc1cccc(NC(=O)N2CCCC(C(=O)Nc3ccc(N)nc3)C2)c1. The molecule has 0 radical (unpaired) electrons. The number of pyridine rings is 1. The highest BCUT2D eigenvalue weighted by Crippen LogP contribution is 2.20. The van der Waals surface area contributed by atoms with Gasteiger partial charge in [0.05, 0.1) is 17.8 Å². The Hall–Kier alpha value is -3.09. The number of nitrogens with two attached hydrogens (primary N) is 1. The van der Waals surface area contributed by atoms with E-state index in [1.165, 1.54) is 6.20 Å². The number of amides is 3. The zero-order chi connectivity index (χ0) is 18.5. The van der Waals surface area contributed by atoms with Crippen molar-refractivity contribution in [2.24, 2.45) is 5.92 Å². The van der Waals surface area contributed by atoms with Crippen molar-refractivity contribution in [3.05, 3.63) is 48.2 Å². The molecule has 7 nitrogen and oxygen atoms in total. The number of nitrogens with zero attached hydrogens (tertiary/aromatic N) is 2. The molecule has 1 aliphatic rings. The highest BCUT2D eigenvalue weighted by molar-refractivity contribution is 5.94. The number of aryl methyl sites for hydroxylation is 1. The van der Waals surface area contributed by atoms with Gasteiger partial charge in [-0.2, -0.15) is 0 Å². The highest BCUT2D eigenvalue weighted by atomic mass is 16.2. The van der Waals surface area contributed by atoms with Crippen LogP contribution in [0.4, 0.5) is 22.0 Å². The van der Waals surface area contributed by atoms with E-state index in [0.29, 0.717) is 24.6 Å². The first-order valence-corrected chi connectivity index (χ1v) is 8.66. The van der Waals surface area contributed by atoms with Crippen molar-refractivity contribution >= 4 is 29.1 Å². The fourth-order valence-electron chi connectivity index (χ4n) is 3.02. The van der Waals surface area contributed by atoms with Gasteiger partial charge in [0.25, 0.3) is 0 Å². The lowest BCUT2D eigenvalue weighted by Crippen LogP contribution is -2.45. The topological polar surface area (TPSA) is 100 Å². The summed E-state index contributed by atoms with van der Waals surface area (Å²) in [5.41, 5.74) is 7.99. The molecule has 0 saturated carbocycles. The molecular formula is C19H23N5O2. The smallest absolute Gasteiger partial charge is 0.321 e. The molecule has 2 aromatic rings. The van der Waals surface area contributed by atoms with Crippen LogP contribution in [-0.4, -0.2) is 34.9 Å². The number of nitrogen functional groups attached to an aromatic ring is 1. The summed E-state index contributed by atoms with van der Waals surface area (Å²) in [6.45, 7) is 3.01. The first kappa shape index (κ1) is 17.7. The predicted molar refractivity (Wildman–Crippen MR) is 102 cm³/mol. The molecule has 136 valence electrons. The lowest BCUT2D eigenvalue weighted by Gasteiger charge is -2.32. The Balaban J connectivity index is 1.58. The van der Waals surface area contributed by atoms with Crippen molar-refractivity contribution in [2.75, 3.05) is 29.5 Å². The molecule has 1 aliphatic heterocycles. The van der Waals surface area contributed by atoms with Crippen LogP contribution in [0.25, 0.3) is 0 Å². The average molecular weight is 353 g/mol. The minimum absolute atomic E-state index is 0.107. The normalized spacial score (nSPS) is 16.8. The number of rotatable bonds is 3. The Bertz CT molecular complexity index is 791. The number of piperidine rings is 1. The number of likely N-dealkylation sites (tertiary alicyclic amines) is 1. The van der Waals surface area contributed by atoms with Crippen LogP contribution in [0.1, 0.15) is 18.4 Å². The minimum atomic E-state index is -0.246. The van der Waals surface area contributed by atoms with Gasteiger partial charge in [-0.25, -0.2) is 9.78 Å². The monoisotopic (exact) mass is 353 g/mol. The molecule has 4 N–H and O–H groups in total. The van der Waals surface area contributed by atoms with Crippen LogP contribution in [-0.2, 0) is 4.79 Å². The third-order valence-electron chi connectivity index (χ3n) is 4.40. The number of hydrogen-bond donors (Lipinski definition) is 3. The maximum absolute atomic E-state index is 12.5. The first-order chi connectivity index (χ1) is 12.5. The van der Waals surface area contributed by atoms with Crippen LogP contribution in [0.3, 0.4) is 0 Å². The molecule has 1 unspecified atom stereocenters. The van der Waals surface area contributed by atoms with Gasteiger partial charge in [0.15, 0.2) is 0 Å². The quantitative estimate of drug-likeness (QED) is 0.790. The van der Waals surface area contributed by atoms with E-state index in [9.17, 15) is 9.59 Å². The number of nitrogens with one attached hydrogen (secondary N) is 2. The zero-order valence-electron chi connectivity index (χ0n) is 14.7. The van der Waals surface area contributed by atoms with Crippen molar-refractivity contribution in [1.82, 2.24) is 9.88 Å². The van der Waals surface area contributed by atoms with Crippen molar-refractivity contribution in [3.63, 3.8) is 0 Å². The fraction of sp³-hybridized carbons (Fsp3) is 0.316. The zero-order valence-corrected chi connectivity index (χ0v) is 14.7. The molecule has 26 heavy (non-hydrogen) atoms. The fourth-order valence-corrected chi connectivity index (χ4v) is 3.02. The van der Waals surface area contributed by atoms with Crippen LogP contribution in [0.15, 0.2) is 42.6 Å². The molecule has 1 aromatic carbocycles. The third kappa shape index (κ3) is 4.50. The van der Waals surface area contributed by atoms with Crippen LogP contribution >= 0.6 is 0 Å². The van der Waals surface area contributed by atoms with Gasteiger partial charge in [-0.3, -0.25) is 4.79 Å². The summed E-state index contributed by atoms with van der Waals surface area (Å²) in [7, 11) is 0. The van der Waals surface area contributed by atoms with Gasteiger partial charge < -0.3 is 21.3 Å². The van der Waals surface area contributed by atoms with Crippen molar-refractivity contribution < 1.29 is 9.59 Å². The summed E-state index contributed by atoms with van der Waals surface area (Å²) < 4.78 is 0. The van der Waals surface area contributed by atoms with Gasteiger partial charge in [-0.1, -0.05) is 12.1 Å². The van der Waals surface area contributed by atoms with Gasteiger partial charge in [0, 0.05) is 18.8 Å².